The maximum absolute atomic E-state index is 6.57. The second kappa shape index (κ2) is 32.7. The first kappa shape index (κ1) is 78.3. The summed E-state index contributed by atoms with van der Waals surface area (Å²) in [6, 6.07) is 154. The molecule has 0 saturated carbocycles. The van der Waals surface area contributed by atoms with Crippen molar-refractivity contribution in [2.75, 3.05) is 0 Å². The van der Waals surface area contributed by atoms with Gasteiger partial charge in [0.15, 0.2) is 34.9 Å². The highest BCUT2D eigenvalue weighted by molar-refractivity contribution is 6.29. The van der Waals surface area contributed by atoms with E-state index in [-0.39, 0.29) is 0 Å². The molecule has 0 aliphatic carbocycles. The van der Waals surface area contributed by atoms with Crippen LogP contribution in [-0.2, 0) is 0 Å². The summed E-state index contributed by atoms with van der Waals surface area (Å²) in [7, 11) is 0. The first-order valence-corrected chi connectivity index (χ1v) is 45.3. The molecule has 9 heterocycles. The number of hydrogen-bond donors (Lipinski definition) is 0. The van der Waals surface area contributed by atoms with Crippen LogP contribution in [0.3, 0.4) is 0 Å². The molecular weight excluding hydrogens is 1670 g/mol. The summed E-state index contributed by atoms with van der Waals surface area (Å²) < 4.78 is 26.1. The fourth-order valence-electron chi connectivity index (χ4n) is 19.5. The molecule has 28 aromatic rings. The Morgan fingerprint density at radius 3 is 0.743 bits per heavy atom. The minimum absolute atomic E-state index is 0.554. The van der Waals surface area contributed by atoms with Crippen LogP contribution in [0.1, 0.15) is 0 Å². The van der Waals surface area contributed by atoms with Gasteiger partial charge in [-0.25, -0.2) is 15.0 Å². The Morgan fingerprint density at radius 1 is 0.140 bits per heavy atom. The molecule has 0 radical (unpaired) electrons. The molecule has 0 unspecified atom stereocenters. The zero-order valence-corrected chi connectivity index (χ0v) is 72.8. The van der Waals surface area contributed by atoms with Gasteiger partial charge in [-0.1, -0.05) is 358 Å². The molecule has 0 saturated heterocycles. The van der Waals surface area contributed by atoms with Gasteiger partial charge in [0.2, 0.25) is 17.8 Å². The van der Waals surface area contributed by atoms with E-state index in [1.165, 1.54) is 16.3 Å². The number of para-hydroxylation sites is 3. The van der Waals surface area contributed by atoms with E-state index in [2.05, 4.69) is 287 Å². The summed E-state index contributed by atoms with van der Waals surface area (Å²) in [5.74, 6) is 5.36. The molecule has 9 aromatic heterocycles. The van der Waals surface area contributed by atoms with Gasteiger partial charge in [0.25, 0.3) is 0 Å². The van der Waals surface area contributed by atoms with Gasteiger partial charge in [-0.2, -0.15) is 29.9 Å². The van der Waals surface area contributed by atoms with E-state index in [9.17, 15) is 0 Å². The molecule has 15 heteroatoms. The van der Waals surface area contributed by atoms with Crippen molar-refractivity contribution < 1.29 is 13.3 Å². The van der Waals surface area contributed by atoms with Gasteiger partial charge < -0.3 is 13.3 Å². The summed E-state index contributed by atoms with van der Waals surface area (Å²) in [5.41, 5.74) is 23.3. The van der Waals surface area contributed by atoms with Crippen LogP contribution in [0, 0.1) is 0 Å². The van der Waals surface area contributed by atoms with Crippen molar-refractivity contribution in [2.24, 2.45) is 0 Å². The third-order valence-corrected chi connectivity index (χ3v) is 25.8. The molecule has 19 aromatic carbocycles. The number of hydrogen-bond acceptors (Lipinski definition) is 12. The first-order valence-electron chi connectivity index (χ1n) is 45.3. The Bertz CT molecular complexity index is 9560. The second-order valence-corrected chi connectivity index (χ2v) is 33.8. The first-order chi connectivity index (χ1) is 67.4. The second-order valence-electron chi connectivity index (χ2n) is 33.8. The molecule has 15 nitrogen and oxygen atoms in total. The smallest absolute Gasteiger partial charge is 0.238 e. The molecule has 0 atom stereocenters. The largest absolute Gasteiger partial charge is 0.456 e. The van der Waals surface area contributed by atoms with Crippen molar-refractivity contribution in [1.82, 2.24) is 58.6 Å². The zero-order chi connectivity index (χ0) is 89.7. The maximum Gasteiger partial charge on any atom is 0.238 e. The number of aromatic nitrogens is 12. The fraction of sp³-hybridized carbons (Fsp3) is 0. The third-order valence-electron chi connectivity index (χ3n) is 25.8. The minimum atomic E-state index is 0.554. The lowest BCUT2D eigenvalue weighted by molar-refractivity contribution is 0.663. The van der Waals surface area contributed by atoms with E-state index in [0.717, 1.165) is 192 Å². The van der Waals surface area contributed by atoms with Crippen molar-refractivity contribution in [3.63, 3.8) is 0 Å². The van der Waals surface area contributed by atoms with E-state index >= 15 is 0 Å². The Hall–Kier alpha value is -18.7. The predicted molar refractivity (Wildman–Crippen MR) is 551 cm³/mol. The van der Waals surface area contributed by atoms with Crippen molar-refractivity contribution in [3.05, 3.63) is 449 Å². The lowest BCUT2D eigenvalue weighted by Crippen LogP contribution is -2.06. The molecule has 28 rings (SSSR count). The minimum Gasteiger partial charge on any atom is -0.456 e. The Balaban J connectivity index is 0.000000106. The number of rotatable bonds is 12. The number of benzene rings is 19. The molecule has 0 aliphatic heterocycles. The summed E-state index contributed by atoms with van der Waals surface area (Å²) in [6.45, 7) is 0. The van der Waals surface area contributed by atoms with Crippen molar-refractivity contribution in [3.8, 4) is 120 Å². The van der Waals surface area contributed by atoms with Crippen LogP contribution in [0.2, 0.25) is 0 Å². The average molecular weight is 1740 g/mol. The van der Waals surface area contributed by atoms with Gasteiger partial charge >= 0.3 is 0 Å². The van der Waals surface area contributed by atoms with E-state index in [1.54, 1.807) is 0 Å². The Kier molecular flexibility index (Phi) is 18.8. The van der Waals surface area contributed by atoms with Crippen molar-refractivity contribution >= 4 is 142 Å². The maximum atomic E-state index is 6.57. The highest BCUT2D eigenvalue weighted by Crippen LogP contribution is 2.46. The zero-order valence-electron chi connectivity index (χ0n) is 72.8. The van der Waals surface area contributed by atoms with Crippen molar-refractivity contribution in [2.45, 2.75) is 0 Å². The van der Waals surface area contributed by atoms with Crippen molar-refractivity contribution in [1.29, 1.82) is 0 Å². The molecular formula is C121H74N12O3. The fourth-order valence-corrected chi connectivity index (χ4v) is 19.5. The Morgan fingerprint density at radius 2 is 0.368 bits per heavy atom. The summed E-state index contributed by atoms with van der Waals surface area (Å²) >= 11 is 0. The molecule has 0 aliphatic rings. The van der Waals surface area contributed by atoms with Crippen LogP contribution in [0.25, 0.3) is 262 Å². The van der Waals surface area contributed by atoms with E-state index in [4.69, 9.17) is 58.1 Å². The molecule has 0 fully saturated rings. The Labute approximate surface area is 777 Å². The molecule has 0 bridgehead atoms. The van der Waals surface area contributed by atoms with E-state index in [0.29, 0.717) is 52.8 Å². The lowest BCUT2D eigenvalue weighted by atomic mass is 9.99. The monoisotopic (exact) mass is 1740 g/mol. The van der Waals surface area contributed by atoms with Crippen LogP contribution in [-0.4, -0.2) is 58.6 Å². The van der Waals surface area contributed by atoms with Crippen LogP contribution in [0.4, 0.5) is 0 Å². The molecule has 0 amide bonds. The summed E-state index contributed by atoms with van der Waals surface area (Å²) in [5, 5.41) is 15.5. The highest BCUT2D eigenvalue weighted by Gasteiger charge is 2.28. The van der Waals surface area contributed by atoms with E-state index < -0.39 is 0 Å². The topological polar surface area (TPSA) is 170 Å². The van der Waals surface area contributed by atoms with Crippen LogP contribution < -0.4 is 0 Å². The SMILES string of the molecule is c1ccc(-c2ccc(-c3nc(-c4ccccc4)nc(-n4c5cccc6oc7ccccc7c7cccc4c7c65)n3)cc2)cc1.c1ccc(-c2cccc(-c3nc(-c4ccccc4)nc(-n4c5cccc6oc7ccccc7c7cccc4c7c65)n3)c2)cc1.c1ccc(-c2nc(-c3cccc(-c4ccc5ccccc5c4)c3)nc(-n3c4cccc5oc6ccccc6c6cccc3c6c54)n2)cc1. The number of nitrogens with zero attached hydrogens (tertiary/aromatic N) is 12. The normalized spacial score (nSPS) is 11.7. The van der Waals surface area contributed by atoms with Gasteiger partial charge in [0.1, 0.15) is 33.5 Å². The summed E-state index contributed by atoms with van der Waals surface area (Å²) in [4.78, 5) is 45.8. The molecule has 0 N–H and O–H groups in total. The van der Waals surface area contributed by atoms with E-state index in [1.807, 2.05) is 176 Å². The quantitative estimate of drug-likeness (QED) is 0.114. The molecule has 0 spiro atoms. The summed E-state index contributed by atoms with van der Waals surface area (Å²) in [6.07, 6.45) is 0. The highest BCUT2D eigenvalue weighted by atomic mass is 16.3. The predicted octanol–water partition coefficient (Wildman–Crippen LogP) is 30.8. The molecule has 136 heavy (non-hydrogen) atoms. The van der Waals surface area contributed by atoms with Gasteiger partial charge in [-0.05, 0) is 151 Å². The standard InChI is InChI=1S/C43H26N4O.2C39H24N4O/c1-2-12-28(13-3-1)41-44-42(32-16-8-15-30(26-32)31-24-23-27-11-4-5-14-29(27)25-31)46-43(45-41)47-35-19-9-18-34-33-17-6-7-21-37(33)48-38-22-10-20-36(47)40(38)39(34)35;1-3-12-25(13-4-1)27-16-9-17-28(24-27)38-40-37(26-14-5-2-6-15-26)41-39(42-38)43-31-20-10-19-30-29-18-7-8-22-33(29)44-34-23-11-21-32(43)36(34)35(30)31;1-3-11-25(12-4-1)26-21-23-28(24-22-26)38-40-37(27-13-5-2-6-14-27)41-39(42-38)43-31-17-9-16-30-29-15-7-8-19-33(29)44-34-20-10-18-32(43)36(34)35(30)31/h1-26H;2*1-24H. The van der Waals surface area contributed by atoms with Gasteiger partial charge in [-0.3, -0.25) is 13.7 Å². The third kappa shape index (κ3) is 13.6. The van der Waals surface area contributed by atoms with Crippen LogP contribution >= 0.6 is 0 Å². The molecule has 636 valence electrons. The van der Waals surface area contributed by atoms with Gasteiger partial charge in [0.05, 0.1) is 49.3 Å². The lowest BCUT2D eigenvalue weighted by Gasteiger charge is -2.12. The van der Waals surface area contributed by atoms with Crippen LogP contribution in [0.5, 0.6) is 0 Å². The van der Waals surface area contributed by atoms with Gasteiger partial charge in [0, 0.05) is 65.7 Å². The number of fused-ring (bicyclic) bond motifs is 7. The average Bonchev–Trinajstić information content (AvgIpc) is 1.57. The van der Waals surface area contributed by atoms with Gasteiger partial charge in [-0.15, -0.1) is 0 Å². The van der Waals surface area contributed by atoms with Crippen LogP contribution in [0.15, 0.2) is 462 Å².